The first-order valence-electron chi connectivity index (χ1n) is 9.59. The minimum Gasteiger partial charge on any atom is -0.365 e. The number of aromatic nitrogens is 3. The van der Waals surface area contributed by atoms with E-state index in [1.807, 2.05) is 6.20 Å². The number of carbonyl (C=O) groups excluding carboxylic acids is 1. The summed E-state index contributed by atoms with van der Waals surface area (Å²) in [6, 6.07) is 14.9. The van der Waals surface area contributed by atoms with Crippen molar-refractivity contribution in [1.29, 1.82) is 0 Å². The third-order valence-corrected chi connectivity index (χ3v) is 5.27. The average Bonchev–Trinajstić information content (AvgIpc) is 3.44. The summed E-state index contributed by atoms with van der Waals surface area (Å²) in [7, 11) is 0. The fourth-order valence-corrected chi connectivity index (χ4v) is 3.42. The molecule has 6 nitrogen and oxygen atoms in total. The van der Waals surface area contributed by atoms with Crippen LogP contribution in [0.3, 0.4) is 0 Å². The minimum atomic E-state index is -0.410. The standard InChI is InChI=1S/C18H21N3.C4H4N2OS/c19-11-5-1-2-8-18-20-13-17(21-18)16-10-9-14-6-3-4-7-15(14)12-16;5-4(7)3-1-6-2-8-3/h3-4,6-7,9-10,12-13H,1-2,5,8,11,19H2,(H,20,21);1-2H,(H2,5,7). The number of fused-ring (bicyclic) bond motifs is 1. The Bertz CT molecular complexity index is 1040. The smallest absolute Gasteiger partial charge is 0.260 e. The first kappa shape index (κ1) is 20.7. The van der Waals surface area contributed by atoms with Gasteiger partial charge in [-0.05, 0) is 36.2 Å². The molecule has 1 amide bonds. The average molecular weight is 408 g/mol. The number of imidazole rings is 1. The van der Waals surface area contributed by atoms with Crippen LogP contribution in [-0.4, -0.2) is 27.4 Å². The van der Waals surface area contributed by atoms with Crippen LogP contribution in [0.2, 0.25) is 0 Å². The summed E-state index contributed by atoms with van der Waals surface area (Å²) in [6.45, 7) is 0.778. The van der Waals surface area contributed by atoms with Crippen molar-refractivity contribution in [2.45, 2.75) is 25.7 Å². The Morgan fingerprint density at radius 2 is 1.86 bits per heavy atom. The van der Waals surface area contributed by atoms with Gasteiger partial charge >= 0.3 is 0 Å². The second kappa shape index (κ2) is 10.5. The zero-order valence-corrected chi connectivity index (χ0v) is 17.0. The molecule has 29 heavy (non-hydrogen) atoms. The van der Waals surface area contributed by atoms with E-state index < -0.39 is 5.91 Å². The van der Waals surface area contributed by atoms with Crippen LogP contribution in [0.1, 0.15) is 34.8 Å². The Hall–Kier alpha value is -3.03. The molecule has 0 aliphatic carbocycles. The Balaban J connectivity index is 0.000000252. The molecule has 150 valence electrons. The van der Waals surface area contributed by atoms with Crippen LogP contribution >= 0.6 is 11.3 Å². The molecule has 0 aliphatic rings. The van der Waals surface area contributed by atoms with Gasteiger partial charge in [0, 0.05) is 12.0 Å². The van der Waals surface area contributed by atoms with E-state index >= 15 is 0 Å². The number of thiazole rings is 1. The lowest BCUT2D eigenvalue weighted by Crippen LogP contribution is -2.08. The summed E-state index contributed by atoms with van der Waals surface area (Å²) in [5.41, 5.74) is 14.3. The van der Waals surface area contributed by atoms with E-state index in [9.17, 15) is 4.79 Å². The van der Waals surface area contributed by atoms with E-state index in [0.29, 0.717) is 4.88 Å². The van der Waals surface area contributed by atoms with Crippen LogP contribution < -0.4 is 11.5 Å². The Morgan fingerprint density at radius 1 is 1.03 bits per heavy atom. The number of H-pyrrole nitrogens is 1. The monoisotopic (exact) mass is 407 g/mol. The fourth-order valence-electron chi connectivity index (χ4n) is 2.94. The summed E-state index contributed by atoms with van der Waals surface area (Å²) in [5.74, 6) is 0.655. The minimum absolute atomic E-state index is 0.410. The number of nitrogens with zero attached hydrogens (tertiary/aromatic N) is 2. The molecule has 0 saturated heterocycles. The van der Waals surface area contributed by atoms with Crippen LogP contribution in [-0.2, 0) is 6.42 Å². The molecule has 0 bridgehead atoms. The number of nitrogens with one attached hydrogen (secondary N) is 1. The highest BCUT2D eigenvalue weighted by molar-refractivity contribution is 7.11. The summed E-state index contributed by atoms with van der Waals surface area (Å²) in [4.78, 5) is 22.3. The number of amides is 1. The van der Waals surface area contributed by atoms with Gasteiger partial charge in [0.1, 0.15) is 10.7 Å². The number of carbonyl (C=O) groups is 1. The van der Waals surface area contributed by atoms with E-state index in [2.05, 4.69) is 57.4 Å². The first-order valence-corrected chi connectivity index (χ1v) is 10.5. The molecule has 7 heteroatoms. The summed E-state index contributed by atoms with van der Waals surface area (Å²) >= 11 is 1.25. The molecule has 0 fully saturated rings. The lowest BCUT2D eigenvalue weighted by atomic mass is 10.1. The second-order valence-corrected chi connectivity index (χ2v) is 7.52. The SMILES string of the molecule is NC(=O)c1cncs1.NCCCCCc1ncc(-c2ccc3ccccc3c2)[nH]1. The van der Waals surface area contributed by atoms with Crippen molar-refractivity contribution in [3.63, 3.8) is 0 Å². The number of aryl methyl sites for hydroxylation is 1. The molecule has 0 saturated carbocycles. The van der Waals surface area contributed by atoms with Gasteiger partial charge in [-0.25, -0.2) is 4.98 Å². The maximum Gasteiger partial charge on any atom is 0.260 e. The van der Waals surface area contributed by atoms with Crippen molar-refractivity contribution in [2.75, 3.05) is 6.54 Å². The molecule has 4 aromatic rings. The number of hydrogen-bond donors (Lipinski definition) is 3. The molecule has 0 spiro atoms. The lowest BCUT2D eigenvalue weighted by Gasteiger charge is -2.01. The molecular formula is C22H25N5OS. The van der Waals surface area contributed by atoms with Gasteiger partial charge in [0.15, 0.2) is 0 Å². The number of unbranched alkanes of at least 4 members (excludes halogenated alkanes) is 2. The highest BCUT2D eigenvalue weighted by Gasteiger charge is 2.04. The Labute approximate surface area is 174 Å². The number of benzene rings is 2. The Morgan fingerprint density at radius 3 is 2.55 bits per heavy atom. The number of rotatable bonds is 7. The maximum absolute atomic E-state index is 10.3. The van der Waals surface area contributed by atoms with Crippen molar-refractivity contribution >= 4 is 28.0 Å². The second-order valence-electron chi connectivity index (χ2n) is 6.63. The third-order valence-electron chi connectivity index (χ3n) is 4.48. The zero-order chi connectivity index (χ0) is 20.5. The third kappa shape index (κ3) is 5.97. The quantitative estimate of drug-likeness (QED) is 0.400. The molecule has 2 heterocycles. The van der Waals surface area contributed by atoms with E-state index in [4.69, 9.17) is 11.5 Å². The van der Waals surface area contributed by atoms with Crippen LogP contribution in [0.15, 0.2) is 60.4 Å². The van der Waals surface area contributed by atoms with Gasteiger partial charge < -0.3 is 16.5 Å². The molecule has 5 N–H and O–H groups in total. The lowest BCUT2D eigenvalue weighted by molar-refractivity contribution is 0.100. The topological polar surface area (TPSA) is 111 Å². The molecular weight excluding hydrogens is 382 g/mol. The summed E-state index contributed by atoms with van der Waals surface area (Å²) in [5, 5.41) is 2.52. The van der Waals surface area contributed by atoms with Crippen LogP contribution in [0.25, 0.3) is 22.0 Å². The van der Waals surface area contributed by atoms with Gasteiger partial charge in [-0.1, -0.05) is 42.8 Å². The van der Waals surface area contributed by atoms with E-state index in [-0.39, 0.29) is 0 Å². The van der Waals surface area contributed by atoms with Crippen molar-refractivity contribution < 1.29 is 4.79 Å². The number of nitrogens with two attached hydrogens (primary N) is 2. The van der Waals surface area contributed by atoms with Gasteiger partial charge in [0.2, 0.25) is 0 Å². The number of primary amides is 1. The number of hydrogen-bond acceptors (Lipinski definition) is 5. The van der Waals surface area contributed by atoms with Crippen molar-refractivity contribution in [3.05, 3.63) is 71.1 Å². The molecule has 0 radical (unpaired) electrons. The normalized spacial score (nSPS) is 10.5. The predicted molar refractivity (Wildman–Crippen MR) is 119 cm³/mol. The van der Waals surface area contributed by atoms with Gasteiger partial charge in [-0.15, -0.1) is 11.3 Å². The van der Waals surface area contributed by atoms with Gasteiger partial charge in [-0.2, -0.15) is 0 Å². The molecule has 0 unspecified atom stereocenters. The molecule has 2 aromatic carbocycles. The zero-order valence-electron chi connectivity index (χ0n) is 16.2. The molecule has 0 atom stereocenters. The van der Waals surface area contributed by atoms with Crippen molar-refractivity contribution in [3.8, 4) is 11.3 Å². The largest absolute Gasteiger partial charge is 0.365 e. The van der Waals surface area contributed by atoms with E-state index in [0.717, 1.165) is 37.3 Å². The van der Waals surface area contributed by atoms with Gasteiger partial charge in [-0.3, -0.25) is 9.78 Å². The maximum atomic E-state index is 10.3. The van der Waals surface area contributed by atoms with Crippen LogP contribution in [0.4, 0.5) is 0 Å². The predicted octanol–water partition coefficient (Wildman–Crippen LogP) is 4.14. The number of aromatic amines is 1. The van der Waals surface area contributed by atoms with Crippen LogP contribution in [0, 0.1) is 0 Å². The summed E-state index contributed by atoms with van der Waals surface area (Å²) in [6.07, 6.45) is 7.78. The van der Waals surface area contributed by atoms with E-state index in [1.54, 1.807) is 5.51 Å². The fraction of sp³-hybridized carbons (Fsp3) is 0.227. The van der Waals surface area contributed by atoms with Gasteiger partial charge in [0.05, 0.1) is 23.6 Å². The molecule has 2 aromatic heterocycles. The summed E-state index contributed by atoms with van der Waals surface area (Å²) < 4.78 is 0. The molecule has 4 rings (SSSR count). The highest BCUT2D eigenvalue weighted by atomic mass is 32.1. The van der Waals surface area contributed by atoms with E-state index in [1.165, 1.54) is 40.3 Å². The molecule has 0 aliphatic heterocycles. The highest BCUT2D eigenvalue weighted by Crippen LogP contribution is 2.23. The van der Waals surface area contributed by atoms with Crippen LogP contribution in [0.5, 0.6) is 0 Å². The first-order chi connectivity index (χ1) is 14.2. The van der Waals surface area contributed by atoms with Crippen molar-refractivity contribution in [2.24, 2.45) is 11.5 Å². The Kier molecular flexibility index (Phi) is 7.49. The van der Waals surface area contributed by atoms with Gasteiger partial charge in [0.25, 0.3) is 5.91 Å². The van der Waals surface area contributed by atoms with Crippen molar-refractivity contribution in [1.82, 2.24) is 15.0 Å².